The Morgan fingerprint density at radius 2 is 1.87 bits per heavy atom. The molecule has 0 bridgehead atoms. The summed E-state index contributed by atoms with van der Waals surface area (Å²) in [5, 5.41) is 4.35. The van der Waals surface area contributed by atoms with Gasteiger partial charge in [-0.15, -0.1) is 0 Å². The lowest BCUT2D eigenvalue weighted by Gasteiger charge is -2.41. The highest BCUT2D eigenvalue weighted by Crippen LogP contribution is 2.42. The van der Waals surface area contributed by atoms with Gasteiger partial charge >= 0.3 is 0 Å². The number of halogens is 2. The summed E-state index contributed by atoms with van der Waals surface area (Å²) in [5.41, 5.74) is 5.31. The van der Waals surface area contributed by atoms with Gasteiger partial charge in [-0.3, -0.25) is 9.89 Å². The van der Waals surface area contributed by atoms with Crippen LogP contribution in [0.25, 0.3) is 0 Å². The van der Waals surface area contributed by atoms with Crippen LogP contribution in [0.1, 0.15) is 56.2 Å². The highest BCUT2D eigenvalue weighted by atomic mass is 79.9. The smallest absolute Gasteiger partial charge is 0.0778 e. The van der Waals surface area contributed by atoms with Gasteiger partial charge in [0.1, 0.15) is 0 Å². The van der Waals surface area contributed by atoms with Crippen LogP contribution in [-0.4, -0.2) is 37.3 Å². The lowest BCUT2D eigenvalue weighted by atomic mass is 9.78. The lowest BCUT2D eigenvalue weighted by Crippen LogP contribution is -2.41. The molecule has 4 rings (SSSR count). The maximum atomic E-state index is 6.36. The van der Waals surface area contributed by atoms with Crippen LogP contribution in [0.5, 0.6) is 0 Å². The number of hydrogen-bond donors (Lipinski definition) is 1. The summed E-state index contributed by atoms with van der Waals surface area (Å²) >= 11 is 9.81. The molecule has 2 aliphatic heterocycles. The average Bonchev–Trinajstić information content (AvgIpc) is 2.89. The molecule has 162 valence electrons. The Morgan fingerprint density at radius 3 is 2.57 bits per heavy atom. The van der Waals surface area contributed by atoms with Crippen LogP contribution in [-0.2, 0) is 6.42 Å². The zero-order valence-corrected chi connectivity index (χ0v) is 20.3. The fraction of sp³-hybridized carbons (Fsp3) is 0.560. The van der Waals surface area contributed by atoms with Crippen molar-refractivity contribution >= 4 is 33.7 Å². The summed E-state index contributed by atoms with van der Waals surface area (Å²) in [7, 11) is 0. The average molecular weight is 491 g/mol. The number of nitrogens with one attached hydrogen (secondary N) is 1. The van der Waals surface area contributed by atoms with Crippen molar-refractivity contribution in [3.05, 3.63) is 56.7 Å². The van der Waals surface area contributed by atoms with Crippen molar-refractivity contribution in [2.24, 2.45) is 16.8 Å². The number of aliphatic imine (C=N–C) groups is 1. The van der Waals surface area contributed by atoms with Crippen LogP contribution in [0.4, 0.5) is 0 Å². The molecule has 1 unspecified atom stereocenters. The van der Waals surface area contributed by atoms with Gasteiger partial charge in [-0.25, -0.2) is 0 Å². The first kappa shape index (κ1) is 22.3. The second-order valence-electron chi connectivity index (χ2n) is 9.08. The summed E-state index contributed by atoms with van der Waals surface area (Å²) in [6.45, 7) is 10.9. The predicted octanol–water partition coefficient (Wildman–Crippen LogP) is 6.29. The Bertz CT molecular complexity index is 833. The highest BCUT2D eigenvalue weighted by molar-refractivity contribution is 9.12. The summed E-state index contributed by atoms with van der Waals surface area (Å²) in [6, 6.07) is 6.64. The molecular weight excluding hydrogens is 458 g/mol. The normalized spacial score (nSPS) is 24.8. The van der Waals surface area contributed by atoms with E-state index in [0.717, 1.165) is 47.3 Å². The number of aryl methyl sites for hydroxylation is 1. The Balaban J connectivity index is 1.61. The SMILES string of the molecule is C=C(Br)C=NC1=C(C)CCc2cc(Cl)ccc2C1N1CCC(C2CCNCC2)CC1. The molecule has 0 amide bonds. The molecule has 30 heavy (non-hydrogen) atoms. The van der Waals surface area contributed by atoms with E-state index in [1.54, 1.807) is 0 Å². The fourth-order valence-corrected chi connectivity index (χ4v) is 5.84. The van der Waals surface area contributed by atoms with Crippen molar-refractivity contribution in [2.45, 2.75) is 51.5 Å². The van der Waals surface area contributed by atoms with Crippen LogP contribution < -0.4 is 5.32 Å². The molecule has 1 aliphatic carbocycles. The molecule has 5 heteroatoms. The molecule has 0 saturated carbocycles. The predicted molar refractivity (Wildman–Crippen MR) is 132 cm³/mol. The van der Waals surface area contributed by atoms with Crippen molar-refractivity contribution in [3.63, 3.8) is 0 Å². The molecule has 2 saturated heterocycles. The summed E-state index contributed by atoms with van der Waals surface area (Å²) in [4.78, 5) is 7.61. The Morgan fingerprint density at radius 1 is 1.17 bits per heavy atom. The first-order valence-corrected chi connectivity index (χ1v) is 12.5. The van der Waals surface area contributed by atoms with Crippen LogP contribution in [0.3, 0.4) is 0 Å². The van der Waals surface area contributed by atoms with E-state index in [4.69, 9.17) is 16.6 Å². The van der Waals surface area contributed by atoms with Crippen molar-refractivity contribution in [1.29, 1.82) is 0 Å². The largest absolute Gasteiger partial charge is 0.317 e. The second kappa shape index (κ2) is 10.1. The van der Waals surface area contributed by atoms with Gasteiger partial charge in [-0.05, 0) is 128 Å². The van der Waals surface area contributed by atoms with Gasteiger partial charge in [-0.2, -0.15) is 0 Å². The van der Waals surface area contributed by atoms with Gasteiger partial charge in [0, 0.05) is 15.7 Å². The van der Waals surface area contributed by atoms with Crippen LogP contribution >= 0.6 is 27.5 Å². The molecule has 1 aromatic rings. The fourth-order valence-electron chi connectivity index (χ4n) is 5.54. The maximum Gasteiger partial charge on any atom is 0.0778 e. The van der Waals surface area contributed by atoms with E-state index in [1.807, 2.05) is 12.3 Å². The van der Waals surface area contributed by atoms with Gasteiger partial charge in [0.05, 0.1) is 11.7 Å². The third kappa shape index (κ3) is 5.09. The molecule has 0 spiro atoms. The third-order valence-corrected chi connectivity index (χ3v) is 7.64. The third-order valence-electron chi connectivity index (χ3n) is 7.20. The van der Waals surface area contributed by atoms with Gasteiger partial charge in [0.25, 0.3) is 0 Å². The minimum atomic E-state index is 0.205. The standard InChI is InChI=1S/C25H33BrClN3/c1-17-3-4-21-15-22(27)5-6-23(21)25(24(17)29-16-18(2)26)30-13-9-20(10-14-30)19-7-11-28-12-8-19/h5-6,15-16,19-20,25,28H,2-4,7-14H2,1H3. The van der Waals surface area contributed by atoms with Gasteiger partial charge in [0.15, 0.2) is 0 Å². The Hall–Kier alpha value is -0.940. The Labute approximate surface area is 194 Å². The van der Waals surface area contributed by atoms with Gasteiger partial charge in [0.2, 0.25) is 0 Å². The van der Waals surface area contributed by atoms with Crippen molar-refractivity contribution in [1.82, 2.24) is 10.2 Å². The topological polar surface area (TPSA) is 27.6 Å². The number of allylic oxidation sites excluding steroid dienone is 2. The minimum Gasteiger partial charge on any atom is -0.317 e. The lowest BCUT2D eigenvalue weighted by molar-refractivity contribution is 0.108. The molecule has 0 aromatic heterocycles. The number of rotatable bonds is 4. The molecule has 3 nitrogen and oxygen atoms in total. The molecular formula is C25H33BrClN3. The molecule has 1 N–H and O–H groups in total. The van der Waals surface area contributed by atoms with Crippen molar-refractivity contribution < 1.29 is 0 Å². The number of benzene rings is 1. The number of likely N-dealkylation sites (tertiary alicyclic amines) is 1. The van der Waals surface area contributed by atoms with Crippen molar-refractivity contribution in [3.8, 4) is 0 Å². The van der Waals surface area contributed by atoms with E-state index < -0.39 is 0 Å². The number of fused-ring (bicyclic) bond motifs is 1. The molecule has 1 aromatic carbocycles. The number of piperidine rings is 2. The highest BCUT2D eigenvalue weighted by Gasteiger charge is 2.34. The zero-order valence-electron chi connectivity index (χ0n) is 18.0. The second-order valence-corrected chi connectivity index (χ2v) is 10.5. The quantitative estimate of drug-likeness (QED) is 0.502. The Kier molecular flexibility index (Phi) is 7.51. The minimum absolute atomic E-state index is 0.205. The van der Waals surface area contributed by atoms with Gasteiger partial charge < -0.3 is 5.32 Å². The van der Waals surface area contributed by atoms with Crippen LogP contribution in [0, 0.1) is 11.8 Å². The van der Waals surface area contributed by atoms with E-state index in [-0.39, 0.29) is 6.04 Å². The molecule has 1 atom stereocenters. The summed E-state index contributed by atoms with van der Waals surface area (Å²) in [6.07, 6.45) is 9.19. The molecule has 3 aliphatic rings. The number of hydrogen-bond acceptors (Lipinski definition) is 3. The van der Waals surface area contributed by atoms with E-state index in [9.17, 15) is 0 Å². The zero-order chi connectivity index (χ0) is 21.1. The van der Waals surface area contributed by atoms with Gasteiger partial charge in [-0.1, -0.05) is 24.2 Å². The molecule has 2 heterocycles. The van der Waals surface area contributed by atoms with E-state index in [1.165, 1.54) is 61.2 Å². The van der Waals surface area contributed by atoms with Crippen LogP contribution in [0.2, 0.25) is 5.02 Å². The van der Waals surface area contributed by atoms with Crippen molar-refractivity contribution in [2.75, 3.05) is 26.2 Å². The number of nitrogens with zero attached hydrogens (tertiary/aromatic N) is 2. The molecule has 0 radical (unpaired) electrons. The summed E-state index contributed by atoms with van der Waals surface area (Å²) in [5.74, 6) is 1.78. The monoisotopic (exact) mass is 489 g/mol. The first-order chi connectivity index (χ1) is 14.5. The first-order valence-electron chi connectivity index (χ1n) is 11.3. The van der Waals surface area contributed by atoms with E-state index in [0.29, 0.717) is 0 Å². The summed E-state index contributed by atoms with van der Waals surface area (Å²) < 4.78 is 0.812. The maximum absolute atomic E-state index is 6.36. The van der Waals surface area contributed by atoms with E-state index >= 15 is 0 Å². The van der Waals surface area contributed by atoms with Crippen LogP contribution in [0.15, 0.2) is 45.5 Å². The van der Waals surface area contributed by atoms with E-state index in [2.05, 4.69) is 51.8 Å². The molecule has 2 fully saturated rings.